The van der Waals surface area contributed by atoms with Gasteiger partial charge in [0, 0.05) is 25.3 Å². The van der Waals surface area contributed by atoms with Gasteiger partial charge in [0.15, 0.2) is 5.11 Å². The molecule has 0 aliphatic rings. The van der Waals surface area contributed by atoms with Crippen molar-refractivity contribution in [3.8, 4) is 5.75 Å². The lowest BCUT2D eigenvalue weighted by Gasteiger charge is -2.11. The fraction of sp³-hybridized carbons (Fsp3) is 0.412. The molecule has 0 aliphatic carbocycles. The Hall–Kier alpha value is -2.08. The molecule has 0 aliphatic heterocycles. The van der Waals surface area contributed by atoms with Crippen molar-refractivity contribution in [3.05, 3.63) is 47.3 Å². The van der Waals surface area contributed by atoms with E-state index in [9.17, 15) is 0 Å². The van der Waals surface area contributed by atoms with Gasteiger partial charge in [-0.2, -0.15) is 5.10 Å². The van der Waals surface area contributed by atoms with Crippen LogP contribution in [0.2, 0.25) is 0 Å². The number of ether oxygens (including phenoxy) is 1. The standard InChI is InChI=1S/C17H24N4OS/c1-13-11-14(2)21(20-13)10-4-9-18-17(23)19-12-15-5-7-16(22-3)8-6-15/h5-8,11H,4,9-10,12H2,1-3H3,(H2,18,19,23). The number of thiocarbonyl (C=S) groups is 1. The van der Waals surface area contributed by atoms with Gasteiger partial charge in [-0.05, 0) is 56.2 Å². The highest BCUT2D eigenvalue weighted by atomic mass is 32.1. The van der Waals surface area contributed by atoms with E-state index in [2.05, 4.69) is 28.7 Å². The van der Waals surface area contributed by atoms with Crippen LogP contribution in [0.5, 0.6) is 5.75 Å². The lowest BCUT2D eigenvalue weighted by atomic mass is 10.2. The molecule has 0 unspecified atom stereocenters. The Balaban J connectivity index is 1.64. The Kier molecular flexibility index (Phi) is 6.40. The zero-order chi connectivity index (χ0) is 16.7. The van der Waals surface area contributed by atoms with Crippen LogP contribution in [0.25, 0.3) is 0 Å². The van der Waals surface area contributed by atoms with Crippen LogP contribution < -0.4 is 15.4 Å². The second kappa shape index (κ2) is 8.53. The van der Waals surface area contributed by atoms with Crippen LogP contribution in [0.3, 0.4) is 0 Å². The molecule has 0 saturated heterocycles. The number of methoxy groups -OCH3 is 1. The maximum atomic E-state index is 5.29. The first kappa shape index (κ1) is 17.3. The van der Waals surface area contributed by atoms with Crippen molar-refractivity contribution in [2.75, 3.05) is 13.7 Å². The monoisotopic (exact) mass is 332 g/mol. The maximum absolute atomic E-state index is 5.29. The smallest absolute Gasteiger partial charge is 0.166 e. The molecule has 2 rings (SSSR count). The summed E-state index contributed by atoms with van der Waals surface area (Å²) in [6.45, 7) is 6.52. The molecule has 0 fully saturated rings. The summed E-state index contributed by atoms with van der Waals surface area (Å²) in [6, 6.07) is 10.0. The van der Waals surface area contributed by atoms with E-state index in [1.54, 1.807) is 7.11 Å². The molecule has 0 bridgehead atoms. The minimum Gasteiger partial charge on any atom is -0.497 e. The minimum absolute atomic E-state index is 0.675. The van der Waals surface area contributed by atoms with Crippen LogP contribution in [-0.2, 0) is 13.1 Å². The van der Waals surface area contributed by atoms with Crippen LogP contribution >= 0.6 is 12.2 Å². The minimum atomic E-state index is 0.675. The van der Waals surface area contributed by atoms with E-state index < -0.39 is 0 Å². The number of rotatable bonds is 7. The zero-order valence-electron chi connectivity index (χ0n) is 13.9. The van der Waals surface area contributed by atoms with E-state index in [0.717, 1.165) is 36.5 Å². The summed E-state index contributed by atoms with van der Waals surface area (Å²) in [5.74, 6) is 0.860. The number of hydrogen-bond donors (Lipinski definition) is 2. The molecule has 0 atom stereocenters. The summed E-state index contributed by atoms with van der Waals surface area (Å²) in [7, 11) is 1.67. The van der Waals surface area contributed by atoms with Gasteiger partial charge >= 0.3 is 0 Å². The average Bonchev–Trinajstić information content (AvgIpc) is 2.87. The largest absolute Gasteiger partial charge is 0.497 e. The van der Waals surface area contributed by atoms with Gasteiger partial charge in [0.2, 0.25) is 0 Å². The lowest BCUT2D eigenvalue weighted by Crippen LogP contribution is -2.35. The predicted octanol–water partition coefficient (Wildman–Crippen LogP) is 2.56. The third kappa shape index (κ3) is 5.56. The van der Waals surface area contributed by atoms with Crippen LogP contribution in [0.15, 0.2) is 30.3 Å². The van der Waals surface area contributed by atoms with Gasteiger partial charge in [0.05, 0.1) is 12.8 Å². The summed E-state index contributed by atoms with van der Waals surface area (Å²) in [6.07, 6.45) is 0.978. The molecule has 6 heteroatoms. The van der Waals surface area contributed by atoms with E-state index in [1.165, 1.54) is 5.69 Å². The summed E-state index contributed by atoms with van der Waals surface area (Å²) in [5, 5.41) is 11.6. The van der Waals surface area contributed by atoms with E-state index in [1.807, 2.05) is 35.9 Å². The highest BCUT2D eigenvalue weighted by Crippen LogP contribution is 2.10. The second-order valence-corrected chi connectivity index (χ2v) is 5.87. The van der Waals surface area contributed by atoms with Crippen molar-refractivity contribution in [2.24, 2.45) is 0 Å². The Morgan fingerprint density at radius 3 is 2.57 bits per heavy atom. The van der Waals surface area contributed by atoms with Crippen LogP contribution in [-0.4, -0.2) is 28.5 Å². The van der Waals surface area contributed by atoms with E-state index in [-0.39, 0.29) is 0 Å². The summed E-state index contributed by atoms with van der Waals surface area (Å²) < 4.78 is 7.17. The number of nitrogens with zero attached hydrogens (tertiary/aromatic N) is 2. The van der Waals surface area contributed by atoms with Crippen molar-refractivity contribution in [2.45, 2.75) is 33.4 Å². The highest BCUT2D eigenvalue weighted by Gasteiger charge is 2.01. The SMILES string of the molecule is COc1ccc(CNC(=S)NCCCn2nc(C)cc2C)cc1. The van der Waals surface area contributed by atoms with E-state index in [0.29, 0.717) is 11.7 Å². The Bertz CT molecular complexity index is 637. The van der Waals surface area contributed by atoms with Crippen molar-refractivity contribution in [3.63, 3.8) is 0 Å². The maximum Gasteiger partial charge on any atom is 0.166 e. The van der Waals surface area contributed by atoms with Gasteiger partial charge in [-0.1, -0.05) is 12.1 Å². The molecule has 0 radical (unpaired) electrons. The van der Waals surface area contributed by atoms with Gasteiger partial charge < -0.3 is 15.4 Å². The van der Waals surface area contributed by atoms with Crippen molar-refractivity contribution in [1.82, 2.24) is 20.4 Å². The highest BCUT2D eigenvalue weighted by molar-refractivity contribution is 7.80. The van der Waals surface area contributed by atoms with Gasteiger partial charge in [0.25, 0.3) is 0 Å². The Labute approximate surface area is 143 Å². The first-order valence-electron chi connectivity index (χ1n) is 7.74. The Morgan fingerprint density at radius 1 is 1.22 bits per heavy atom. The van der Waals surface area contributed by atoms with Crippen molar-refractivity contribution in [1.29, 1.82) is 0 Å². The van der Waals surface area contributed by atoms with Gasteiger partial charge in [-0.15, -0.1) is 0 Å². The molecule has 0 amide bonds. The molecule has 1 aromatic carbocycles. The number of nitrogens with one attached hydrogen (secondary N) is 2. The van der Waals surface area contributed by atoms with Crippen LogP contribution in [0, 0.1) is 13.8 Å². The van der Waals surface area contributed by atoms with E-state index in [4.69, 9.17) is 17.0 Å². The summed E-state index contributed by atoms with van der Waals surface area (Å²) >= 11 is 5.29. The van der Waals surface area contributed by atoms with Gasteiger partial charge in [0.1, 0.15) is 5.75 Å². The third-order valence-electron chi connectivity index (χ3n) is 3.55. The second-order valence-electron chi connectivity index (χ2n) is 5.46. The zero-order valence-corrected chi connectivity index (χ0v) is 14.7. The molecule has 0 saturated carbocycles. The van der Waals surface area contributed by atoms with Gasteiger partial charge in [-0.25, -0.2) is 0 Å². The average molecular weight is 332 g/mol. The number of aromatic nitrogens is 2. The molecule has 1 heterocycles. The first-order valence-corrected chi connectivity index (χ1v) is 8.15. The Morgan fingerprint density at radius 2 is 1.96 bits per heavy atom. The molecular weight excluding hydrogens is 308 g/mol. The fourth-order valence-corrected chi connectivity index (χ4v) is 2.49. The summed E-state index contributed by atoms with van der Waals surface area (Å²) in [4.78, 5) is 0. The predicted molar refractivity (Wildman–Crippen MR) is 96.8 cm³/mol. The van der Waals surface area contributed by atoms with Crippen LogP contribution in [0.4, 0.5) is 0 Å². The fourth-order valence-electron chi connectivity index (χ4n) is 2.32. The van der Waals surface area contributed by atoms with Gasteiger partial charge in [-0.3, -0.25) is 4.68 Å². The number of benzene rings is 1. The van der Waals surface area contributed by atoms with Crippen LogP contribution in [0.1, 0.15) is 23.4 Å². The molecule has 2 aromatic rings. The molecule has 23 heavy (non-hydrogen) atoms. The molecular formula is C17H24N4OS. The summed E-state index contributed by atoms with van der Waals surface area (Å²) in [5.41, 5.74) is 3.42. The molecule has 1 aromatic heterocycles. The number of aryl methyl sites for hydroxylation is 3. The van der Waals surface area contributed by atoms with Crippen molar-refractivity contribution < 1.29 is 4.74 Å². The van der Waals surface area contributed by atoms with E-state index >= 15 is 0 Å². The van der Waals surface area contributed by atoms with Crippen molar-refractivity contribution >= 4 is 17.3 Å². The molecule has 0 spiro atoms. The molecule has 124 valence electrons. The lowest BCUT2D eigenvalue weighted by molar-refractivity contribution is 0.414. The quantitative estimate of drug-likeness (QED) is 0.603. The number of hydrogen-bond acceptors (Lipinski definition) is 3. The third-order valence-corrected chi connectivity index (χ3v) is 3.84. The molecule has 5 nitrogen and oxygen atoms in total. The normalized spacial score (nSPS) is 10.4. The first-order chi connectivity index (χ1) is 11.1. The molecule has 2 N–H and O–H groups in total. The topological polar surface area (TPSA) is 51.1 Å².